The zero-order valence-electron chi connectivity index (χ0n) is 16.8. The third-order valence-electron chi connectivity index (χ3n) is 4.17. The van der Waals surface area contributed by atoms with E-state index in [1.54, 1.807) is 66.7 Å². The van der Waals surface area contributed by atoms with Crippen molar-refractivity contribution in [3.63, 3.8) is 0 Å². The maximum Gasteiger partial charge on any atom is 0.259 e. The van der Waals surface area contributed by atoms with Gasteiger partial charge in [0.15, 0.2) is 0 Å². The van der Waals surface area contributed by atoms with Crippen molar-refractivity contribution < 1.29 is 14.3 Å². The van der Waals surface area contributed by atoms with E-state index >= 15 is 0 Å². The summed E-state index contributed by atoms with van der Waals surface area (Å²) in [5.41, 5.74) is 1.96. The van der Waals surface area contributed by atoms with Crippen molar-refractivity contribution in [2.24, 2.45) is 5.92 Å². The molecule has 0 aromatic heterocycles. The van der Waals surface area contributed by atoms with E-state index < -0.39 is 0 Å². The maximum atomic E-state index is 12.8. The predicted molar refractivity (Wildman–Crippen MR) is 121 cm³/mol. The lowest BCUT2D eigenvalue weighted by molar-refractivity contribution is 0.101. The van der Waals surface area contributed by atoms with Crippen molar-refractivity contribution in [2.45, 2.75) is 13.8 Å². The normalized spacial score (nSPS) is 10.5. The number of carbonyl (C=O) groups is 2. The SMILES string of the molecule is CC(C)COc1ccccc1C(=O)Nc1cccc(C(=O)Nc2cccc(Cl)c2)c1. The first-order chi connectivity index (χ1) is 14.4. The topological polar surface area (TPSA) is 67.4 Å². The van der Waals surface area contributed by atoms with Crippen LogP contribution in [0.1, 0.15) is 34.6 Å². The van der Waals surface area contributed by atoms with Crippen LogP contribution in [0.15, 0.2) is 72.8 Å². The van der Waals surface area contributed by atoms with E-state index in [1.165, 1.54) is 0 Å². The fourth-order valence-corrected chi connectivity index (χ4v) is 2.93. The Labute approximate surface area is 181 Å². The minimum atomic E-state index is -0.304. The van der Waals surface area contributed by atoms with Gasteiger partial charge in [-0.25, -0.2) is 0 Å². The molecule has 0 aliphatic heterocycles. The molecule has 0 unspecified atom stereocenters. The quantitative estimate of drug-likeness (QED) is 0.499. The van der Waals surface area contributed by atoms with Crippen LogP contribution in [0.4, 0.5) is 11.4 Å². The first-order valence-corrected chi connectivity index (χ1v) is 10.0. The summed E-state index contributed by atoms with van der Waals surface area (Å²) in [4.78, 5) is 25.3. The summed E-state index contributed by atoms with van der Waals surface area (Å²) in [7, 11) is 0. The van der Waals surface area contributed by atoms with Gasteiger partial charge in [-0.15, -0.1) is 0 Å². The second-order valence-corrected chi connectivity index (χ2v) is 7.64. The van der Waals surface area contributed by atoms with Gasteiger partial charge in [-0.05, 0) is 54.4 Å². The number of carbonyl (C=O) groups excluding carboxylic acids is 2. The Bertz CT molecular complexity index is 1050. The summed E-state index contributed by atoms with van der Waals surface area (Å²) in [5.74, 6) is 0.269. The minimum Gasteiger partial charge on any atom is -0.492 e. The Balaban J connectivity index is 1.72. The van der Waals surface area contributed by atoms with Gasteiger partial charge in [0.2, 0.25) is 0 Å². The van der Waals surface area contributed by atoms with E-state index in [1.807, 2.05) is 19.9 Å². The molecular weight excluding hydrogens is 400 g/mol. The van der Waals surface area contributed by atoms with Crippen LogP contribution >= 0.6 is 11.6 Å². The van der Waals surface area contributed by atoms with Crippen LogP contribution in [0.2, 0.25) is 5.02 Å². The monoisotopic (exact) mass is 422 g/mol. The molecule has 0 fully saturated rings. The predicted octanol–water partition coefficient (Wildman–Crippen LogP) is 5.88. The second-order valence-electron chi connectivity index (χ2n) is 7.20. The first-order valence-electron chi connectivity index (χ1n) is 9.62. The summed E-state index contributed by atoms with van der Waals surface area (Å²) >= 11 is 5.96. The van der Waals surface area contributed by atoms with Crippen LogP contribution in [0.3, 0.4) is 0 Å². The van der Waals surface area contributed by atoms with Gasteiger partial charge < -0.3 is 15.4 Å². The Morgan fingerprint density at radius 1 is 0.867 bits per heavy atom. The lowest BCUT2D eigenvalue weighted by Crippen LogP contribution is -2.16. The molecule has 5 nitrogen and oxygen atoms in total. The number of amides is 2. The molecule has 3 rings (SSSR count). The number of rotatable bonds is 7. The van der Waals surface area contributed by atoms with Crippen LogP contribution in [0.5, 0.6) is 5.75 Å². The van der Waals surface area contributed by atoms with Gasteiger partial charge in [0, 0.05) is 22.0 Å². The molecule has 0 heterocycles. The van der Waals surface area contributed by atoms with Crippen molar-refractivity contribution in [3.8, 4) is 5.75 Å². The Morgan fingerprint density at radius 2 is 1.53 bits per heavy atom. The Kier molecular flexibility index (Phi) is 7.09. The molecule has 0 atom stereocenters. The standard InChI is InChI=1S/C24H23ClN2O3/c1-16(2)15-30-22-12-4-3-11-21(22)24(29)27-19-9-5-7-17(13-19)23(28)26-20-10-6-8-18(25)14-20/h3-14,16H,15H2,1-2H3,(H,26,28)(H,27,29). The van der Waals surface area contributed by atoms with Crippen LogP contribution in [-0.4, -0.2) is 18.4 Å². The second kappa shape index (κ2) is 9.94. The summed E-state index contributed by atoms with van der Waals surface area (Å²) in [5, 5.41) is 6.16. The van der Waals surface area contributed by atoms with Gasteiger partial charge in [0.1, 0.15) is 5.75 Å². The van der Waals surface area contributed by atoms with Crippen molar-refractivity contribution >= 4 is 34.8 Å². The molecule has 0 aliphatic carbocycles. The van der Waals surface area contributed by atoms with Crippen LogP contribution in [-0.2, 0) is 0 Å². The zero-order chi connectivity index (χ0) is 21.5. The fraction of sp³-hybridized carbons (Fsp3) is 0.167. The third kappa shape index (κ3) is 5.84. The van der Waals surface area contributed by atoms with Crippen LogP contribution in [0, 0.1) is 5.92 Å². The number of hydrogen-bond donors (Lipinski definition) is 2. The molecule has 0 radical (unpaired) electrons. The molecule has 0 aliphatic rings. The Morgan fingerprint density at radius 3 is 2.27 bits per heavy atom. The van der Waals surface area contributed by atoms with Gasteiger partial charge >= 0.3 is 0 Å². The molecule has 2 amide bonds. The Hall–Kier alpha value is -3.31. The minimum absolute atomic E-state index is 0.297. The van der Waals surface area contributed by atoms with Crippen molar-refractivity contribution in [3.05, 3.63) is 88.9 Å². The largest absolute Gasteiger partial charge is 0.492 e. The number of hydrogen-bond acceptors (Lipinski definition) is 3. The van der Waals surface area contributed by atoms with Gasteiger partial charge in [0.25, 0.3) is 11.8 Å². The summed E-state index contributed by atoms with van der Waals surface area (Å²) in [6, 6.07) is 20.7. The highest BCUT2D eigenvalue weighted by atomic mass is 35.5. The van der Waals surface area contributed by atoms with E-state index in [2.05, 4.69) is 10.6 Å². The van der Waals surface area contributed by atoms with E-state index in [0.717, 1.165) is 0 Å². The number of ether oxygens (including phenoxy) is 1. The van der Waals surface area contributed by atoms with E-state index in [9.17, 15) is 9.59 Å². The third-order valence-corrected chi connectivity index (χ3v) is 4.40. The van der Waals surface area contributed by atoms with Crippen LogP contribution < -0.4 is 15.4 Å². The number of benzene rings is 3. The van der Waals surface area contributed by atoms with E-state index in [4.69, 9.17) is 16.3 Å². The lowest BCUT2D eigenvalue weighted by Gasteiger charge is -2.13. The molecule has 0 spiro atoms. The molecule has 3 aromatic rings. The molecule has 6 heteroatoms. The smallest absolute Gasteiger partial charge is 0.259 e. The highest BCUT2D eigenvalue weighted by Gasteiger charge is 2.14. The molecule has 30 heavy (non-hydrogen) atoms. The summed E-state index contributed by atoms with van der Waals surface area (Å²) < 4.78 is 5.76. The average molecular weight is 423 g/mol. The van der Waals surface area contributed by atoms with Gasteiger partial charge in [0.05, 0.1) is 12.2 Å². The number of para-hydroxylation sites is 1. The van der Waals surface area contributed by atoms with Gasteiger partial charge in [-0.3, -0.25) is 9.59 Å². The highest BCUT2D eigenvalue weighted by molar-refractivity contribution is 6.31. The number of anilines is 2. The highest BCUT2D eigenvalue weighted by Crippen LogP contribution is 2.21. The van der Waals surface area contributed by atoms with Gasteiger partial charge in [-0.1, -0.05) is 49.7 Å². The first kappa shape index (κ1) is 21.4. The lowest BCUT2D eigenvalue weighted by atomic mass is 10.1. The molecular formula is C24H23ClN2O3. The number of halogens is 1. The van der Waals surface area contributed by atoms with E-state index in [-0.39, 0.29) is 11.8 Å². The molecule has 0 saturated heterocycles. The number of nitrogens with one attached hydrogen (secondary N) is 2. The maximum absolute atomic E-state index is 12.8. The molecule has 2 N–H and O–H groups in total. The zero-order valence-corrected chi connectivity index (χ0v) is 17.6. The molecule has 0 saturated carbocycles. The fourth-order valence-electron chi connectivity index (χ4n) is 2.74. The van der Waals surface area contributed by atoms with Crippen molar-refractivity contribution in [2.75, 3.05) is 17.2 Å². The summed E-state index contributed by atoms with van der Waals surface area (Å²) in [6.45, 7) is 4.61. The van der Waals surface area contributed by atoms with Crippen molar-refractivity contribution in [1.29, 1.82) is 0 Å². The summed E-state index contributed by atoms with van der Waals surface area (Å²) in [6.07, 6.45) is 0. The van der Waals surface area contributed by atoms with Crippen molar-refractivity contribution in [1.82, 2.24) is 0 Å². The van der Waals surface area contributed by atoms with Crippen LogP contribution in [0.25, 0.3) is 0 Å². The molecule has 3 aromatic carbocycles. The molecule has 154 valence electrons. The molecule has 0 bridgehead atoms. The average Bonchev–Trinajstić information content (AvgIpc) is 2.72. The van der Waals surface area contributed by atoms with E-state index in [0.29, 0.717) is 45.8 Å². The van der Waals surface area contributed by atoms with Gasteiger partial charge in [-0.2, -0.15) is 0 Å².